The van der Waals surface area contributed by atoms with Crippen molar-refractivity contribution in [3.8, 4) is 0 Å². The number of rotatable bonds is 7. The van der Waals surface area contributed by atoms with Crippen LogP contribution in [0.25, 0.3) is 0 Å². The standard InChI is InChI=1S/C19H20FNO3/c1-13-4-2-3-5-14(13)8-11-18(22)21-17(12-19(23)24)15-6-9-16(20)10-7-15/h2-7,9-10,17H,8,11-12H2,1H3,(H,21,22)(H,23,24). The maximum atomic E-state index is 13.0. The highest BCUT2D eigenvalue weighted by Crippen LogP contribution is 2.18. The number of benzene rings is 2. The van der Waals surface area contributed by atoms with Crippen LogP contribution >= 0.6 is 0 Å². The predicted molar refractivity (Wildman–Crippen MR) is 89.0 cm³/mol. The quantitative estimate of drug-likeness (QED) is 0.818. The number of hydrogen-bond donors (Lipinski definition) is 2. The SMILES string of the molecule is Cc1ccccc1CCC(=O)NC(CC(=O)O)c1ccc(F)cc1. The minimum atomic E-state index is -1.02. The molecule has 4 nitrogen and oxygen atoms in total. The van der Waals surface area contributed by atoms with Gasteiger partial charge < -0.3 is 10.4 Å². The lowest BCUT2D eigenvalue weighted by Crippen LogP contribution is -2.30. The van der Waals surface area contributed by atoms with E-state index >= 15 is 0 Å². The third-order valence-electron chi connectivity index (χ3n) is 3.87. The second kappa shape index (κ2) is 8.24. The molecule has 24 heavy (non-hydrogen) atoms. The molecule has 2 aromatic carbocycles. The topological polar surface area (TPSA) is 66.4 Å². The van der Waals surface area contributed by atoms with E-state index in [0.29, 0.717) is 12.0 Å². The summed E-state index contributed by atoms with van der Waals surface area (Å²) < 4.78 is 13.0. The third-order valence-corrected chi connectivity index (χ3v) is 3.87. The van der Waals surface area contributed by atoms with Gasteiger partial charge in [0, 0.05) is 6.42 Å². The van der Waals surface area contributed by atoms with Crippen LogP contribution in [0.3, 0.4) is 0 Å². The number of nitrogens with one attached hydrogen (secondary N) is 1. The summed E-state index contributed by atoms with van der Waals surface area (Å²) in [5.41, 5.74) is 2.78. The van der Waals surface area contributed by atoms with Crippen LogP contribution in [0.4, 0.5) is 4.39 Å². The maximum absolute atomic E-state index is 13.0. The Balaban J connectivity index is 2.00. The molecular formula is C19H20FNO3. The molecular weight excluding hydrogens is 309 g/mol. The van der Waals surface area contributed by atoms with Crippen molar-refractivity contribution in [2.45, 2.75) is 32.2 Å². The number of carbonyl (C=O) groups is 2. The summed E-state index contributed by atoms with van der Waals surface area (Å²) in [7, 11) is 0. The first kappa shape index (κ1) is 17.7. The van der Waals surface area contributed by atoms with Crippen molar-refractivity contribution in [2.24, 2.45) is 0 Å². The smallest absolute Gasteiger partial charge is 0.305 e. The van der Waals surface area contributed by atoms with E-state index in [0.717, 1.165) is 11.1 Å². The molecule has 1 atom stereocenters. The molecule has 0 radical (unpaired) electrons. The number of carbonyl (C=O) groups excluding carboxylic acids is 1. The predicted octanol–water partition coefficient (Wildman–Crippen LogP) is 3.40. The third kappa shape index (κ3) is 5.19. The van der Waals surface area contributed by atoms with E-state index in [1.165, 1.54) is 24.3 Å². The fourth-order valence-corrected chi connectivity index (χ4v) is 2.53. The molecule has 0 aliphatic heterocycles. The molecule has 0 aromatic heterocycles. The van der Waals surface area contributed by atoms with Crippen LogP contribution < -0.4 is 5.32 Å². The molecule has 1 amide bonds. The van der Waals surface area contributed by atoms with Crippen molar-refractivity contribution in [3.63, 3.8) is 0 Å². The Bertz CT molecular complexity index is 713. The second-order valence-corrected chi connectivity index (χ2v) is 5.70. The zero-order chi connectivity index (χ0) is 17.5. The van der Waals surface area contributed by atoms with Gasteiger partial charge >= 0.3 is 5.97 Å². The molecule has 5 heteroatoms. The van der Waals surface area contributed by atoms with Gasteiger partial charge in [0.15, 0.2) is 0 Å². The van der Waals surface area contributed by atoms with Crippen molar-refractivity contribution in [3.05, 3.63) is 71.0 Å². The van der Waals surface area contributed by atoms with Gasteiger partial charge in [-0.1, -0.05) is 36.4 Å². The summed E-state index contributed by atoms with van der Waals surface area (Å²) in [6.07, 6.45) is 0.603. The van der Waals surface area contributed by atoms with Gasteiger partial charge in [0.05, 0.1) is 12.5 Å². The highest BCUT2D eigenvalue weighted by molar-refractivity contribution is 5.78. The van der Waals surface area contributed by atoms with Crippen LogP contribution in [0.15, 0.2) is 48.5 Å². The van der Waals surface area contributed by atoms with Crippen molar-refractivity contribution < 1.29 is 19.1 Å². The molecule has 0 aliphatic carbocycles. The van der Waals surface area contributed by atoms with Crippen molar-refractivity contribution in [1.29, 1.82) is 0 Å². The van der Waals surface area contributed by atoms with Crippen LogP contribution in [-0.2, 0) is 16.0 Å². The van der Waals surface area contributed by atoms with E-state index in [4.69, 9.17) is 5.11 Å². The van der Waals surface area contributed by atoms with E-state index in [-0.39, 0.29) is 18.7 Å². The zero-order valence-electron chi connectivity index (χ0n) is 13.5. The van der Waals surface area contributed by atoms with Gasteiger partial charge in [-0.15, -0.1) is 0 Å². The Morgan fingerprint density at radius 2 is 1.79 bits per heavy atom. The average Bonchev–Trinajstić information content (AvgIpc) is 2.54. The van der Waals surface area contributed by atoms with Gasteiger partial charge in [0.1, 0.15) is 5.82 Å². The van der Waals surface area contributed by atoms with Crippen LogP contribution in [0.5, 0.6) is 0 Å². The lowest BCUT2D eigenvalue weighted by atomic mass is 10.0. The largest absolute Gasteiger partial charge is 0.481 e. The number of aliphatic carboxylic acids is 1. The van der Waals surface area contributed by atoms with Gasteiger partial charge in [-0.2, -0.15) is 0 Å². The second-order valence-electron chi connectivity index (χ2n) is 5.70. The minimum absolute atomic E-state index is 0.228. The first-order chi connectivity index (χ1) is 11.5. The summed E-state index contributed by atoms with van der Waals surface area (Å²) >= 11 is 0. The van der Waals surface area contributed by atoms with E-state index in [9.17, 15) is 14.0 Å². The zero-order valence-corrected chi connectivity index (χ0v) is 13.5. The van der Waals surface area contributed by atoms with Crippen LogP contribution in [0.1, 0.15) is 35.6 Å². The molecule has 1 unspecified atom stereocenters. The van der Waals surface area contributed by atoms with Crippen molar-refractivity contribution in [1.82, 2.24) is 5.32 Å². The van der Waals surface area contributed by atoms with Gasteiger partial charge in [0.25, 0.3) is 0 Å². The van der Waals surface area contributed by atoms with Crippen molar-refractivity contribution in [2.75, 3.05) is 0 Å². The van der Waals surface area contributed by atoms with Gasteiger partial charge in [-0.25, -0.2) is 4.39 Å². The number of aryl methyl sites for hydroxylation is 2. The maximum Gasteiger partial charge on any atom is 0.305 e. The summed E-state index contributed by atoms with van der Waals surface area (Å²) in [6.45, 7) is 1.99. The molecule has 2 N–H and O–H groups in total. The number of halogens is 1. The molecule has 0 saturated carbocycles. The molecule has 2 rings (SSSR count). The Kier molecular flexibility index (Phi) is 6.07. The van der Waals surface area contributed by atoms with Crippen LogP contribution in [0, 0.1) is 12.7 Å². The summed E-state index contributed by atoms with van der Waals surface area (Å²) in [6, 6.07) is 12.6. The fraction of sp³-hybridized carbons (Fsp3) is 0.263. The minimum Gasteiger partial charge on any atom is -0.481 e. The first-order valence-corrected chi connectivity index (χ1v) is 7.77. The van der Waals surface area contributed by atoms with Crippen LogP contribution in [-0.4, -0.2) is 17.0 Å². The Morgan fingerprint density at radius 1 is 1.12 bits per heavy atom. The average molecular weight is 329 g/mol. The van der Waals surface area contributed by atoms with E-state index in [1.807, 2.05) is 31.2 Å². The molecule has 0 spiro atoms. The van der Waals surface area contributed by atoms with Gasteiger partial charge in [-0.3, -0.25) is 9.59 Å². The molecule has 0 aliphatic rings. The molecule has 0 bridgehead atoms. The normalized spacial score (nSPS) is 11.8. The highest BCUT2D eigenvalue weighted by Gasteiger charge is 2.18. The van der Waals surface area contributed by atoms with Crippen molar-refractivity contribution >= 4 is 11.9 Å². The Hall–Kier alpha value is -2.69. The summed E-state index contributed by atoms with van der Waals surface area (Å²) in [4.78, 5) is 23.2. The number of carboxylic acid groups (broad SMARTS) is 1. The molecule has 126 valence electrons. The van der Waals surface area contributed by atoms with E-state index in [1.54, 1.807) is 0 Å². The lowest BCUT2D eigenvalue weighted by molar-refractivity contribution is -0.137. The van der Waals surface area contributed by atoms with Gasteiger partial charge in [0.2, 0.25) is 5.91 Å². The van der Waals surface area contributed by atoms with Gasteiger partial charge in [-0.05, 0) is 42.2 Å². The monoisotopic (exact) mass is 329 g/mol. The molecule has 0 heterocycles. The lowest BCUT2D eigenvalue weighted by Gasteiger charge is -2.17. The number of carboxylic acids is 1. The summed E-state index contributed by atoms with van der Waals surface area (Å²) in [5, 5.41) is 11.8. The number of amides is 1. The summed E-state index contributed by atoms with van der Waals surface area (Å²) in [5.74, 6) is -1.66. The molecule has 0 fully saturated rings. The van der Waals surface area contributed by atoms with E-state index < -0.39 is 17.8 Å². The fourth-order valence-electron chi connectivity index (χ4n) is 2.53. The first-order valence-electron chi connectivity index (χ1n) is 7.77. The highest BCUT2D eigenvalue weighted by atomic mass is 19.1. The van der Waals surface area contributed by atoms with E-state index in [2.05, 4.69) is 5.32 Å². The number of hydrogen-bond acceptors (Lipinski definition) is 2. The molecule has 0 saturated heterocycles. The Morgan fingerprint density at radius 3 is 2.42 bits per heavy atom. The van der Waals surface area contributed by atoms with Crippen LogP contribution in [0.2, 0.25) is 0 Å². The Labute approximate surface area is 140 Å². The molecule has 2 aromatic rings.